The summed E-state index contributed by atoms with van der Waals surface area (Å²) in [6.45, 7) is 3.74. The summed E-state index contributed by atoms with van der Waals surface area (Å²) in [6.07, 6.45) is 0.476. The molecule has 1 fully saturated rings. The molecule has 108 valence electrons. The lowest BCUT2D eigenvalue weighted by Gasteiger charge is -2.20. The minimum Gasteiger partial charge on any atom is -0.392 e. The molecule has 1 aromatic carbocycles. The average molecular weight is 294 g/mol. The normalized spacial score (nSPS) is 36.8. The molecular formula is C15H18O4S. The number of epoxide rings is 1. The third-order valence-electron chi connectivity index (χ3n) is 4.19. The predicted octanol–water partition coefficient (Wildman–Crippen LogP) is 1.76. The van der Waals surface area contributed by atoms with Gasteiger partial charge < -0.3 is 9.84 Å². The quantitative estimate of drug-likeness (QED) is 0.844. The molecule has 0 unspecified atom stereocenters. The minimum atomic E-state index is -3.55. The van der Waals surface area contributed by atoms with Crippen LogP contribution in [0, 0.1) is 11.8 Å². The standard InChI is InChI=1S/C15H18O4S/c1-9-8-12(15-14(19-15)10(2)13(9)16)20(17,18)11-6-4-3-5-7-11/h3-10,13-16H,1-2H3/t9-,10+,13+,14+,15-/m0/s1. The van der Waals surface area contributed by atoms with Crippen LogP contribution in [0.4, 0.5) is 0 Å². The van der Waals surface area contributed by atoms with Gasteiger partial charge in [-0.25, -0.2) is 8.42 Å². The Bertz CT molecular complexity index is 635. The topological polar surface area (TPSA) is 66.9 Å². The second kappa shape index (κ2) is 4.69. The Labute approximate surface area is 119 Å². The molecule has 2 aliphatic rings. The van der Waals surface area contributed by atoms with Gasteiger partial charge in [-0.15, -0.1) is 0 Å². The summed E-state index contributed by atoms with van der Waals surface area (Å²) in [5.74, 6) is -0.260. The lowest BCUT2D eigenvalue weighted by molar-refractivity contribution is 0.0683. The summed E-state index contributed by atoms with van der Waals surface area (Å²) in [5, 5.41) is 10.2. The fraction of sp³-hybridized carbons (Fsp3) is 0.467. The molecule has 1 heterocycles. The average Bonchev–Trinajstić information content (AvgIpc) is 3.23. The van der Waals surface area contributed by atoms with Gasteiger partial charge in [-0.2, -0.15) is 0 Å². The summed E-state index contributed by atoms with van der Waals surface area (Å²) < 4.78 is 30.9. The molecule has 0 aromatic heterocycles. The van der Waals surface area contributed by atoms with Crippen molar-refractivity contribution in [3.05, 3.63) is 41.3 Å². The van der Waals surface area contributed by atoms with E-state index >= 15 is 0 Å². The molecule has 20 heavy (non-hydrogen) atoms. The van der Waals surface area contributed by atoms with Crippen molar-refractivity contribution >= 4 is 9.84 Å². The van der Waals surface area contributed by atoms with Crippen molar-refractivity contribution in [1.29, 1.82) is 0 Å². The first-order chi connectivity index (χ1) is 9.43. The van der Waals surface area contributed by atoms with Gasteiger partial charge in [0.1, 0.15) is 6.10 Å². The molecule has 0 amide bonds. The van der Waals surface area contributed by atoms with Crippen LogP contribution in [0.2, 0.25) is 0 Å². The smallest absolute Gasteiger partial charge is 0.205 e. The number of fused-ring (bicyclic) bond motifs is 1. The zero-order chi connectivity index (χ0) is 14.5. The van der Waals surface area contributed by atoms with Crippen molar-refractivity contribution < 1.29 is 18.3 Å². The molecule has 1 aromatic rings. The molecule has 4 nitrogen and oxygen atoms in total. The Morgan fingerprint density at radius 2 is 1.80 bits per heavy atom. The first-order valence-electron chi connectivity index (χ1n) is 6.78. The number of aliphatic hydroxyl groups excluding tert-OH is 1. The van der Waals surface area contributed by atoms with Crippen molar-refractivity contribution in [2.75, 3.05) is 0 Å². The van der Waals surface area contributed by atoms with Gasteiger partial charge in [0.2, 0.25) is 9.84 Å². The lowest BCUT2D eigenvalue weighted by atomic mass is 9.93. The highest BCUT2D eigenvalue weighted by atomic mass is 32.2. The fourth-order valence-electron chi connectivity index (χ4n) is 2.86. The van der Waals surface area contributed by atoms with E-state index in [2.05, 4.69) is 0 Å². The largest absolute Gasteiger partial charge is 0.392 e. The van der Waals surface area contributed by atoms with Gasteiger partial charge >= 0.3 is 0 Å². The Kier molecular flexibility index (Phi) is 3.23. The van der Waals surface area contributed by atoms with Gasteiger partial charge in [0.15, 0.2) is 0 Å². The number of benzene rings is 1. The first kappa shape index (κ1) is 13.8. The van der Waals surface area contributed by atoms with Crippen molar-refractivity contribution in [3.8, 4) is 0 Å². The van der Waals surface area contributed by atoms with Crippen molar-refractivity contribution in [2.45, 2.75) is 37.1 Å². The number of sulfone groups is 1. The van der Waals surface area contributed by atoms with Crippen molar-refractivity contribution in [3.63, 3.8) is 0 Å². The summed E-state index contributed by atoms with van der Waals surface area (Å²) in [6, 6.07) is 8.36. The summed E-state index contributed by atoms with van der Waals surface area (Å²) in [4.78, 5) is 0.571. The van der Waals surface area contributed by atoms with E-state index < -0.39 is 22.0 Å². The maximum atomic E-state index is 12.7. The summed E-state index contributed by atoms with van der Waals surface area (Å²) in [5.41, 5.74) is 0. The van der Waals surface area contributed by atoms with E-state index in [-0.39, 0.29) is 22.8 Å². The van der Waals surface area contributed by atoms with E-state index in [4.69, 9.17) is 4.74 Å². The Morgan fingerprint density at radius 3 is 2.45 bits per heavy atom. The zero-order valence-electron chi connectivity index (χ0n) is 11.4. The third kappa shape index (κ3) is 2.10. The lowest BCUT2D eigenvalue weighted by Crippen LogP contribution is -2.27. The number of ether oxygens (including phenoxy) is 1. The molecule has 3 rings (SSSR count). The second-order valence-electron chi connectivity index (χ2n) is 5.62. The SMILES string of the molecule is C[C@@H]1[C@H](O)[C@@H](C)C=C(S(=O)(=O)c2ccccc2)[C@@H]2O[C@H]12. The predicted molar refractivity (Wildman–Crippen MR) is 74.7 cm³/mol. The third-order valence-corrected chi connectivity index (χ3v) is 6.07. The van der Waals surface area contributed by atoms with Gasteiger partial charge in [0, 0.05) is 11.8 Å². The molecule has 1 saturated heterocycles. The second-order valence-corrected chi connectivity index (χ2v) is 7.57. The molecule has 5 heteroatoms. The molecule has 5 atom stereocenters. The highest BCUT2D eigenvalue weighted by molar-refractivity contribution is 7.95. The zero-order valence-corrected chi connectivity index (χ0v) is 12.2. The molecule has 1 aliphatic heterocycles. The van der Waals surface area contributed by atoms with Crippen LogP contribution in [0.5, 0.6) is 0 Å². The Morgan fingerprint density at radius 1 is 1.15 bits per heavy atom. The van der Waals surface area contributed by atoms with Gasteiger partial charge in [-0.3, -0.25) is 0 Å². The molecule has 0 radical (unpaired) electrons. The fourth-order valence-corrected chi connectivity index (χ4v) is 4.53. The molecule has 1 aliphatic carbocycles. The van der Waals surface area contributed by atoms with Crippen molar-refractivity contribution in [2.24, 2.45) is 11.8 Å². The minimum absolute atomic E-state index is 0.0604. The number of rotatable bonds is 2. The highest BCUT2D eigenvalue weighted by Crippen LogP contribution is 2.44. The van der Waals surface area contributed by atoms with Crippen LogP contribution in [-0.4, -0.2) is 31.8 Å². The van der Waals surface area contributed by atoms with Crippen LogP contribution in [0.25, 0.3) is 0 Å². The van der Waals surface area contributed by atoms with Crippen LogP contribution in [0.15, 0.2) is 46.2 Å². The van der Waals surface area contributed by atoms with Crippen LogP contribution in [-0.2, 0) is 14.6 Å². The van der Waals surface area contributed by atoms with Crippen LogP contribution in [0.1, 0.15) is 13.8 Å². The van der Waals surface area contributed by atoms with Gasteiger partial charge in [-0.05, 0) is 12.1 Å². The highest BCUT2D eigenvalue weighted by Gasteiger charge is 2.53. The van der Waals surface area contributed by atoms with Gasteiger partial charge in [0.25, 0.3) is 0 Å². The maximum absolute atomic E-state index is 12.7. The van der Waals surface area contributed by atoms with Gasteiger partial charge in [0.05, 0.1) is 22.0 Å². The monoisotopic (exact) mass is 294 g/mol. The van der Waals surface area contributed by atoms with E-state index in [1.807, 2.05) is 13.8 Å². The van der Waals surface area contributed by atoms with E-state index in [0.717, 1.165) is 0 Å². The van der Waals surface area contributed by atoms with E-state index in [9.17, 15) is 13.5 Å². The molecule has 0 spiro atoms. The Balaban J connectivity index is 2.04. The first-order valence-corrected chi connectivity index (χ1v) is 8.26. The summed E-state index contributed by atoms with van der Waals surface area (Å²) in [7, 11) is -3.55. The molecular weight excluding hydrogens is 276 g/mol. The Hall–Kier alpha value is -1.17. The van der Waals surface area contributed by atoms with Crippen molar-refractivity contribution in [1.82, 2.24) is 0 Å². The number of aliphatic hydroxyl groups is 1. The molecule has 1 N–H and O–H groups in total. The van der Waals surface area contributed by atoms with E-state index in [0.29, 0.717) is 4.91 Å². The van der Waals surface area contributed by atoms with Gasteiger partial charge in [-0.1, -0.05) is 38.1 Å². The van der Waals surface area contributed by atoms with E-state index in [1.165, 1.54) is 0 Å². The summed E-state index contributed by atoms with van der Waals surface area (Å²) >= 11 is 0. The molecule has 0 saturated carbocycles. The maximum Gasteiger partial charge on any atom is 0.205 e. The van der Waals surface area contributed by atoms with Crippen LogP contribution in [0.3, 0.4) is 0 Å². The number of hydrogen-bond acceptors (Lipinski definition) is 4. The van der Waals surface area contributed by atoms with E-state index in [1.54, 1.807) is 36.4 Å². The van der Waals surface area contributed by atoms with Crippen LogP contribution < -0.4 is 0 Å². The molecule has 0 bridgehead atoms. The number of hydrogen-bond donors (Lipinski definition) is 1. The van der Waals surface area contributed by atoms with Crippen LogP contribution >= 0.6 is 0 Å².